The van der Waals surface area contributed by atoms with Gasteiger partial charge < -0.3 is 4.90 Å². The van der Waals surface area contributed by atoms with Crippen molar-refractivity contribution in [2.45, 2.75) is 29.7 Å². The molecule has 2 aromatic rings. The number of rotatable bonds is 5. The zero-order valence-corrected chi connectivity index (χ0v) is 16.7. The van der Waals surface area contributed by atoms with Crippen LogP contribution in [0, 0.1) is 23.4 Å². The molecule has 1 saturated carbocycles. The van der Waals surface area contributed by atoms with Crippen LogP contribution in [0.1, 0.15) is 24.3 Å². The van der Waals surface area contributed by atoms with Gasteiger partial charge in [-0.05, 0) is 48.6 Å². The Morgan fingerprint density at radius 3 is 2.14 bits per heavy atom. The Balaban J connectivity index is 1.89. The highest BCUT2D eigenvalue weighted by Gasteiger charge is 2.42. The molecule has 0 aromatic heterocycles. The van der Waals surface area contributed by atoms with Gasteiger partial charge in [-0.1, -0.05) is 18.2 Å². The number of nitrogens with one attached hydrogen (secondary N) is 1. The molecule has 29 heavy (non-hydrogen) atoms. The molecular weight excluding hydrogens is 405 g/mol. The molecule has 156 valence electrons. The Morgan fingerprint density at radius 2 is 1.59 bits per heavy atom. The van der Waals surface area contributed by atoms with Crippen LogP contribution in [0.4, 0.5) is 13.2 Å². The van der Waals surface area contributed by atoms with E-state index in [1.807, 2.05) is 0 Å². The summed E-state index contributed by atoms with van der Waals surface area (Å²) in [7, 11) is -1.28. The Labute approximate surface area is 167 Å². The highest BCUT2D eigenvalue weighted by Crippen LogP contribution is 2.41. The van der Waals surface area contributed by atoms with E-state index in [2.05, 4.69) is 4.72 Å². The fourth-order valence-corrected chi connectivity index (χ4v) is 5.23. The van der Waals surface area contributed by atoms with E-state index < -0.39 is 44.3 Å². The summed E-state index contributed by atoms with van der Waals surface area (Å²) in [6, 6.07) is 7.78. The lowest BCUT2D eigenvalue weighted by Gasteiger charge is -2.22. The predicted molar refractivity (Wildman–Crippen MR) is 101 cm³/mol. The summed E-state index contributed by atoms with van der Waals surface area (Å²) in [6.07, 6.45) is 0.402. The lowest BCUT2D eigenvalue weighted by atomic mass is 9.88. The molecule has 2 aromatic carbocycles. The highest BCUT2D eigenvalue weighted by molar-refractivity contribution is 7.89. The summed E-state index contributed by atoms with van der Waals surface area (Å²) < 4.78 is 68.7. The first kappa shape index (κ1) is 21.3. The number of benzene rings is 2. The number of hydrogen-bond acceptors (Lipinski definition) is 3. The van der Waals surface area contributed by atoms with E-state index in [0.29, 0.717) is 5.56 Å². The Bertz CT molecular complexity index is 990. The fourth-order valence-electron chi connectivity index (χ4n) is 3.83. The third kappa shape index (κ3) is 4.45. The molecule has 0 spiro atoms. The first-order chi connectivity index (χ1) is 13.6. The third-order valence-corrected chi connectivity index (χ3v) is 6.70. The van der Waals surface area contributed by atoms with Crippen molar-refractivity contribution in [1.29, 1.82) is 0 Å². The molecule has 3 rings (SSSR count). The number of carbonyl (C=O) groups excluding carboxylic acids is 1. The number of amides is 1. The monoisotopic (exact) mass is 426 g/mol. The first-order valence-corrected chi connectivity index (χ1v) is 10.5. The van der Waals surface area contributed by atoms with Crippen molar-refractivity contribution in [2.75, 3.05) is 14.1 Å². The second-order valence-electron chi connectivity index (χ2n) is 7.34. The second kappa shape index (κ2) is 8.16. The number of halogens is 3. The van der Waals surface area contributed by atoms with Crippen molar-refractivity contribution < 1.29 is 26.4 Å². The maximum atomic E-state index is 14.0. The molecule has 0 radical (unpaired) electrons. The smallest absolute Gasteiger partial charge is 0.246 e. The summed E-state index contributed by atoms with van der Waals surface area (Å²) in [6.45, 7) is 0. The quantitative estimate of drug-likeness (QED) is 0.799. The summed E-state index contributed by atoms with van der Waals surface area (Å²) >= 11 is 0. The number of sulfonamides is 1. The van der Waals surface area contributed by atoms with Gasteiger partial charge in [-0.2, -0.15) is 0 Å². The Hall–Kier alpha value is -2.39. The number of carbonyl (C=O) groups is 1. The maximum Gasteiger partial charge on any atom is 0.246 e. The molecule has 0 aliphatic heterocycles. The lowest BCUT2D eigenvalue weighted by Crippen LogP contribution is -2.35. The minimum absolute atomic E-state index is 0.161. The zero-order chi connectivity index (χ0) is 21.3. The number of nitrogens with zero attached hydrogens (tertiary/aromatic N) is 1. The normalized spacial score (nSPS) is 21.9. The van der Waals surface area contributed by atoms with Crippen LogP contribution < -0.4 is 4.72 Å². The van der Waals surface area contributed by atoms with Crippen LogP contribution >= 0.6 is 0 Å². The van der Waals surface area contributed by atoms with E-state index in [0.717, 1.165) is 18.2 Å². The van der Waals surface area contributed by atoms with Gasteiger partial charge in [0.1, 0.15) is 17.5 Å². The summed E-state index contributed by atoms with van der Waals surface area (Å²) in [4.78, 5) is 13.0. The van der Waals surface area contributed by atoms with Crippen LogP contribution in [-0.4, -0.2) is 39.4 Å². The molecule has 5 nitrogen and oxygen atoms in total. The van der Waals surface area contributed by atoms with Crippen molar-refractivity contribution >= 4 is 15.9 Å². The molecule has 0 saturated heterocycles. The first-order valence-electron chi connectivity index (χ1n) is 9.03. The largest absolute Gasteiger partial charge is 0.349 e. The van der Waals surface area contributed by atoms with Gasteiger partial charge >= 0.3 is 0 Å². The third-order valence-electron chi connectivity index (χ3n) is 5.13. The molecule has 1 N–H and O–H groups in total. The van der Waals surface area contributed by atoms with Crippen LogP contribution in [0.3, 0.4) is 0 Å². The van der Waals surface area contributed by atoms with Gasteiger partial charge in [-0.3, -0.25) is 4.79 Å². The molecule has 1 amide bonds. The molecule has 9 heteroatoms. The minimum Gasteiger partial charge on any atom is -0.349 e. The molecular formula is C20H21F3N2O3S. The van der Waals surface area contributed by atoms with E-state index in [1.54, 1.807) is 26.2 Å². The Morgan fingerprint density at radius 1 is 1.00 bits per heavy atom. The van der Waals surface area contributed by atoms with Crippen molar-refractivity contribution in [3.8, 4) is 0 Å². The van der Waals surface area contributed by atoms with Gasteiger partial charge in [0.2, 0.25) is 15.9 Å². The molecule has 1 fully saturated rings. The lowest BCUT2D eigenvalue weighted by molar-refractivity contribution is -0.133. The van der Waals surface area contributed by atoms with Crippen molar-refractivity contribution in [1.82, 2.24) is 9.62 Å². The van der Waals surface area contributed by atoms with E-state index in [9.17, 15) is 26.4 Å². The van der Waals surface area contributed by atoms with Crippen molar-refractivity contribution in [3.63, 3.8) is 0 Å². The maximum absolute atomic E-state index is 14.0. The van der Waals surface area contributed by atoms with Crippen LogP contribution in [0.5, 0.6) is 0 Å². The SMILES string of the molecule is CN(C)C(=O)[C@H]1C[C@@H](NS(=O)(=O)c2c(F)cccc2F)C[C@@H]1c1ccc(F)cc1. The average Bonchev–Trinajstić information content (AvgIpc) is 3.04. The molecule has 1 aliphatic carbocycles. The van der Waals surface area contributed by atoms with Crippen LogP contribution in [-0.2, 0) is 14.8 Å². The molecule has 3 atom stereocenters. The van der Waals surface area contributed by atoms with Crippen molar-refractivity contribution in [3.05, 3.63) is 65.5 Å². The van der Waals surface area contributed by atoms with Gasteiger partial charge in [0.15, 0.2) is 4.90 Å². The highest BCUT2D eigenvalue weighted by atomic mass is 32.2. The van der Waals surface area contributed by atoms with E-state index in [-0.39, 0.29) is 24.7 Å². The molecule has 0 bridgehead atoms. The molecule has 0 unspecified atom stereocenters. The fraction of sp³-hybridized carbons (Fsp3) is 0.350. The summed E-state index contributed by atoms with van der Waals surface area (Å²) in [5.41, 5.74) is 0.699. The topological polar surface area (TPSA) is 66.5 Å². The second-order valence-corrected chi connectivity index (χ2v) is 8.99. The van der Waals surface area contributed by atoms with Gasteiger partial charge in [0, 0.05) is 26.1 Å². The van der Waals surface area contributed by atoms with Crippen LogP contribution in [0.25, 0.3) is 0 Å². The minimum atomic E-state index is -4.47. The molecule has 0 heterocycles. The summed E-state index contributed by atoms with van der Waals surface area (Å²) in [5, 5.41) is 0. The van der Waals surface area contributed by atoms with E-state index in [1.165, 1.54) is 17.0 Å². The molecule has 1 aliphatic rings. The number of hydrogen-bond donors (Lipinski definition) is 1. The zero-order valence-electron chi connectivity index (χ0n) is 15.9. The van der Waals surface area contributed by atoms with Crippen LogP contribution in [0.15, 0.2) is 47.4 Å². The van der Waals surface area contributed by atoms with Gasteiger partial charge in [-0.25, -0.2) is 26.3 Å². The van der Waals surface area contributed by atoms with Crippen molar-refractivity contribution in [2.24, 2.45) is 5.92 Å². The van der Waals surface area contributed by atoms with E-state index in [4.69, 9.17) is 0 Å². The van der Waals surface area contributed by atoms with Gasteiger partial charge in [0.05, 0.1) is 0 Å². The van der Waals surface area contributed by atoms with Gasteiger partial charge in [0.25, 0.3) is 0 Å². The standard InChI is InChI=1S/C20H21F3N2O3S/c1-25(2)20(26)16-11-14(10-15(16)12-6-8-13(21)9-7-12)24-29(27,28)19-17(22)4-3-5-18(19)23/h3-9,14-16,24H,10-11H2,1-2H3/t14-,15+,16-/m0/s1. The van der Waals surface area contributed by atoms with E-state index >= 15 is 0 Å². The Kier molecular flexibility index (Phi) is 6.00. The predicted octanol–water partition coefficient (Wildman–Crippen LogP) is 3.03. The van der Waals surface area contributed by atoms with Gasteiger partial charge in [-0.15, -0.1) is 0 Å². The summed E-state index contributed by atoms with van der Waals surface area (Å²) in [5.74, 6) is -3.90. The van der Waals surface area contributed by atoms with Crippen LogP contribution in [0.2, 0.25) is 0 Å². The average molecular weight is 426 g/mol.